The second-order valence-electron chi connectivity index (χ2n) is 5.69. The van der Waals surface area contributed by atoms with Crippen molar-refractivity contribution < 1.29 is 4.79 Å². The predicted molar refractivity (Wildman–Crippen MR) is 81.7 cm³/mol. The first-order chi connectivity index (χ1) is 10.1. The maximum absolute atomic E-state index is 12.9. The lowest BCUT2D eigenvalue weighted by Crippen LogP contribution is -2.34. The van der Waals surface area contributed by atoms with E-state index in [-0.39, 0.29) is 5.91 Å². The van der Waals surface area contributed by atoms with Crippen LogP contribution in [-0.2, 0) is 13.6 Å². The Hall–Kier alpha value is -2.30. The molecule has 5 heteroatoms. The van der Waals surface area contributed by atoms with Crippen molar-refractivity contribution in [3.8, 4) is 0 Å². The highest BCUT2D eigenvalue weighted by Gasteiger charge is 2.34. The summed E-state index contributed by atoms with van der Waals surface area (Å²) in [5.74, 6) is 0.946. The fourth-order valence-corrected chi connectivity index (χ4v) is 2.48. The quantitative estimate of drug-likeness (QED) is 0.875. The van der Waals surface area contributed by atoms with Crippen molar-refractivity contribution in [3.05, 3.63) is 47.5 Å². The van der Waals surface area contributed by atoms with Crippen molar-refractivity contribution >= 4 is 11.6 Å². The van der Waals surface area contributed by atoms with Crippen LogP contribution in [0.25, 0.3) is 0 Å². The number of nitrogen functional groups attached to an aromatic ring is 1. The SMILES string of the molecule is Cc1ccc(N)cc1C(=O)N(Cc1nccn1C)C1CC1. The lowest BCUT2D eigenvalue weighted by atomic mass is 10.1. The van der Waals surface area contributed by atoms with Gasteiger partial charge in [-0.05, 0) is 37.5 Å². The number of benzene rings is 1. The van der Waals surface area contributed by atoms with Crippen LogP contribution in [0.5, 0.6) is 0 Å². The molecule has 2 N–H and O–H groups in total. The molecule has 0 saturated heterocycles. The van der Waals surface area contributed by atoms with Crippen molar-refractivity contribution in [1.82, 2.24) is 14.5 Å². The van der Waals surface area contributed by atoms with E-state index in [9.17, 15) is 4.79 Å². The summed E-state index contributed by atoms with van der Waals surface area (Å²) >= 11 is 0. The van der Waals surface area contributed by atoms with E-state index in [1.165, 1.54) is 0 Å². The van der Waals surface area contributed by atoms with Gasteiger partial charge in [-0.25, -0.2) is 4.98 Å². The van der Waals surface area contributed by atoms with Crippen LogP contribution in [-0.4, -0.2) is 26.4 Å². The van der Waals surface area contributed by atoms with Crippen LogP contribution >= 0.6 is 0 Å². The number of carbonyl (C=O) groups excluding carboxylic acids is 1. The van der Waals surface area contributed by atoms with Crippen molar-refractivity contribution in [2.45, 2.75) is 32.4 Å². The summed E-state index contributed by atoms with van der Waals surface area (Å²) in [6.45, 7) is 2.49. The molecule has 5 nitrogen and oxygen atoms in total. The van der Waals surface area contributed by atoms with Gasteiger partial charge in [0.05, 0.1) is 6.54 Å². The third kappa shape index (κ3) is 2.77. The highest BCUT2D eigenvalue weighted by atomic mass is 16.2. The topological polar surface area (TPSA) is 64.2 Å². The minimum atomic E-state index is 0.0466. The number of hydrogen-bond donors (Lipinski definition) is 1. The number of anilines is 1. The molecular formula is C16H20N4O. The molecule has 0 spiro atoms. The minimum Gasteiger partial charge on any atom is -0.399 e. The van der Waals surface area contributed by atoms with E-state index in [2.05, 4.69) is 4.98 Å². The van der Waals surface area contributed by atoms with Gasteiger partial charge in [-0.3, -0.25) is 4.79 Å². The molecule has 1 saturated carbocycles. The van der Waals surface area contributed by atoms with Gasteiger partial charge in [-0.2, -0.15) is 0 Å². The summed E-state index contributed by atoms with van der Waals surface area (Å²) in [6.07, 6.45) is 5.79. The Labute approximate surface area is 124 Å². The number of imidazole rings is 1. The van der Waals surface area contributed by atoms with E-state index >= 15 is 0 Å². The smallest absolute Gasteiger partial charge is 0.254 e. The molecule has 1 heterocycles. The van der Waals surface area contributed by atoms with E-state index in [1.54, 1.807) is 12.3 Å². The monoisotopic (exact) mass is 284 g/mol. The van der Waals surface area contributed by atoms with Crippen molar-refractivity contribution in [2.24, 2.45) is 7.05 Å². The van der Waals surface area contributed by atoms with Gasteiger partial charge in [0.15, 0.2) is 0 Å². The Bertz CT molecular complexity index is 673. The van der Waals surface area contributed by atoms with Crippen LogP contribution in [0.1, 0.15) is 34.6 Å². The molecule has 1 aliphatic carbocycles. The number of aromatic nitrogens is 2. The Morgan fingerprint density at radius 3 is 2.86 bits per heavy atom. The third-order valence-corrected chi connectivity index (χ3v) is 3.97. The lowest BCUT2D eigenvalue weighted by Gasteiger charge is -2.23. The maximum atomic E-state index is 12.9. The largest absolute Gasteiger partial charge is 0.399 e. The van der Waals surface area contributed by atoms with Gasteiger partial charge in [0, 0.05) is 36.7 Å². The van der Waals surface area contributed by atoms with E-state index in [1.807, 2.05) is 41.8 Å². The van der Waals surface area contributed by atoms with Crippen molar-refractivity contribution in [1.29, 1.82) is 0 Å². The number of aryl methyl sites for hydroxylation is 2. The van der Waals surface area contributed by atoms with Crippen LogP contribution in [0.4, 0.5) is 5.69 Å². The number of nitrogens with two attached hydrogens (primary N) is 1. The van der Waals surface area contributed by atoms with Crippen LogP contribution in [0.3, 0.4) is 0 Å². The van der Waals surface area contributed by atoms with Gasteiger partial charge in [0.2, 0.25) is 0 Å². The van der Waals surface area contributed by atoms with Crippen LogP contribution in [0.15, 0.2) is 30.6 Å². The van der Waals surface area contributed by atoms with Gasteiger partial charge in [-0.1, -0.05) is 6.07 Å². The number of carbonyl (C=O) groups is 1. The standard InChI is InChI=1S/C16H20N4O/c1-11-3-4-12(17)9-14(11)16(21)20(13-5-6-13)10-15-18-7-8-19(15)2/h3-4,7-9,13H,5-6,10,17H2,1-2H3. The molecule has 0 bridgehead atoms. The molecule has 21 heavy (non-hydrogen) atoms. The summed E-state index contributed by atoms with van der Waals surface area (Å²) in [6, 6.07) is 5.82. The molecule has 1 aromatic heterocycles. The first kappa shape index (κ1) is 13.7. The number of rotatable bonds is 4. The van der Waals surface area contributed by atoms with Gasteiger partial charge in [0.1, 0.15) is 5.82 Å². The van der Waals surface area contributed by atoms with E-state index in [0.717, 1.165) is 24.2 Å². The molecule has 0 unspecified atom stereocenters. The van der Waals surface area contributed by atoms with Gasteiger partial charge in [-0.15, -0.1) is 0 Å². The Balaban J connectivity index is 1.88. The molecule has 3 rings (SSSR count). The molecular weight excluding hydrogens is 264 g/mol. The average molecular weight is 284 g/mol. The highest BCUT2D eigenvalue weighted by molar-refractivity contribution is 5.96. The van der Waals surface area contributed by atoms with Gasteiger partial charge >= 0.3 is 0 Å². The van der Waals surface area contributed by atoms with Crippen molar-refractivity contribution in [3.63, 3.8) is 0 Å². The second kappa shape index (κ2) is 5.24. The zero-order valence-corrected chi connectivity index (χ0v) is 12.4. The highest BCUT2D eigenvalue weighted by Crippen LogP contribution is 2.30. The number of hydrogen-bond acceptors (Lipinski definition) is 3. The minimum absolute atomic E-state index is 0.0466. The molecule has 1 fully saturated rings. The van der Waals surface area contributed by atoms with Crippen LogP contribution < -0.4 is 5.73 Å². The Morgan fingerprint density at radius 2 is 2.24 bits per heavy atom. The molecule has 1 amide bonds. The number of nitrogens with zero attached hydrogens (tertiary/aromatic N) is 3. The van der Waals surface area contributed by atoms with Crippen LogP contribution in [0, 0.1) is 6.92 Å². The second-order valence-corrected chi connectivity index (χ2v) is 5.69. The van der Waals surface area contributed by atoms with Crippen molar-refractivity contribution in [2.75, 3.05) is 5.73 Å². The van der Waals surface area contributed by atoms with Gasteiger partial charge < -0.3 is 15.2 Å². The van der Waals surface area contributed by atoms with E-state index in [4.69, 9.17) is 5.73 Å². The normalized spacial score (nSPS) is 14.2. The first-order valence-electron chi connectivity index (χ1n) is 7.19. The van der Waals surface area contributed by atoms with Gasteiger partial charge in [0.25, 0.3) is 5.91 Å². The summed E-state index contributed by atoms with van der Waals surface area (Å²) in [7, 11) is 1.95. The fraction of sp³-hybridized carbons (Fsp3) is 0.375. The maximum Gasteiger partial charge on any atom is 0.254 e. The van der Waals surface area contributed by atoms with E-state index < -0.39 is 0 Å². The molecule has 1 aromatic carbocycles. The molecule has 1 aliphatic rings. The molecule has 0 aliphatic heterocycles. The third-order valence-electron chi connectivity index (χ3n) is 3.97. The predicted octanol–water partition coefficient (Wildman–Crippen LogP) is 2.12. The Morgan fingerprint density at radius 1 is 1.48 bits per heavy atom. The number of amides is 1. The Kier molecular flexibility index (Phi) is 3.41. The fourth-order valence-electron chi connectivity index (χ4n) is 2.48. The lowest BCUT2D eigenvalue weighted by molar-refractivity contribution is 0.0723. The summed E-state index contributed by atoms with van der Waals surface area (Å²) in [5, 5.41) is 0. The zero-order valence-electron chi connectivity index (χ0n) is 12.4. The first-order valence-corrected chi connectivity index (χ1v) is 7.19. The summed E-state index contributed by atoms with van der Waals surface area (Å²) < 4.78 is 1.95. The summed E-state index contributed by atoms with van der Waals surface area (Å²) in [4.78, 5) is 19.1. The average Bonchev–Trinajstić information content (AvgIpc) is 3.22. The molecule has 110 valence electrons. The molecule has 0 radical (unpaired) electrons. The zero-order chi connectivity index (χ0) is 15.0. The summed E-state index contributed by atoms with van der Waals surface area (Å²) in [5.41, 5.74) is 8.10. The molecule has 0 atom stereocenters. The van der Waals surface area contributed by atoms with Crippen LogP contribution in [0.2, 0.25) is 0 Å². The molecule has 2 aromatic rings. The van der Waals surface area contributed by atoms with E-state index in [0.29, 0.717) is 23.8 Å².